The second-order valence-corrected chi connectivity index (χ2v) is 4.21. The number of anilines is 1. The smallest absolute Gasteiger partial charge is 0.328 e. The Hall–Kier alpha value is -1.48. The van der Waals surface area contributed by atoms with Gasteiger partial charge in [0, 0.05) is 31.2 Å². The monoisotopic (exact) mass is 253 g/mol. The Labute approximate surface area is 106 Å². The van der Waals surface area contributed by atoms with E-state index in [1.165, 1.54) is 0 Å². The van der Waals surface area contributed by atoms with Crippen molar-refractivity contribution >= 4 is 29.3 Å². The summed E-state index contributed by atoms with van der Waals surface area (Å²) in [6.07, 6.45) is 2.72. The third kappa shape index (κ3) is 4.11. The molecule has 0 aliphatic carbocycles. The molecule has 0 saturated carbocycles. The highest BCUT2D eigenvalue weighted by atomic mass is 35.5. The number of hydrogen-bond donors (Lipinski definition) is 1. The summed E-state index contributed by atoms with van der Waals surface area (Å²) >= 11 is 5.70. The fraction of sp³-hybridized carbons (Fsp3) is 0.308. The lowest BCUT2D eigenvalue weighted by molar-refractivity contribution is -0.131. The van der Waals surface area contributed by atoms with Gasteiger partial charge in [-0.3, -0.25) is 0 Å². The van der Waals surface area contributed by atoms with Crippen molar-refractivity contribution in [1.29, 1.82) is 0 Å². The Kier molecular flexibility index (Phi) is 5.04. The highest BCUT2D eigenvalue weighted by molar-refractivity contribution is 6.18. The summed E-state index contributed by atoms with van der Waals surface area (Å²) in [5.74, 6) is -0.359. The number of aryl methyl sites for hydroxylation is 1. The molecule has 0 aliphatic heterocycles. The number of benzene rings is 1. The van der Waals surface area contributed by atoms with Crippen LogP contribution >= 0.6 is 11.6 Å². The van der Waals surface area contributed by atoms with Crippen LogP contribution in [0.3, 0.4) is 0 Å². The molecule has 0 spiro atoms. The molecule has 92 valence electrons. The van der Waals surface area contributed by atoms with Gasteiger partial charge in [-0.05, 0) is 36.3 Å². The van der Waals surface area contributed by atoms with Gasteiger partial charge < -0.3 is 10.0 Å². The molecule has 0 amide bonds. The molecule has 1 aromatic rings. The van der Waals surface area contributed by atoms with Crippen molar-refractivity contribution in [2.24, 2.45) is 0 Å². The molecule has 0 saturated heterocycles. The van der Waals surface area contributed by atoms with Crippen LogP contribution in [0.2, 0.25) is 0 Å². The number of carboxylic acids is 1. The number of nitrogens with zero attached hydrogens (tertiary/aromatic N) is 1. The number of carboxylic acid groups (broad SMARTS) is 1. The first kappa shape index (κ1) is 13.6. The number of hydrogen-bond acceptors (Lipinski definition) is 2. The van der Waals surface area contributed by atoms with E-state index in [-0.39, 0.29) is 0 Å². The lowest BCUT2D eigenvalue weighted by Crippen LogP contribution is -2.20. The number of aliphatic carboxylic acids is 1. The molecule has 0 heterocycles. The lowest BCUT2D eigenvalue weighted by atomic mass is 10.1. The van der Waals surface area contributed by atoms with Gasteiger partial charge in [-0.25, -0.2) is 4.79 Å². The maximum Gasteiger partial charge on any atom is 0.328 e. The summed E-state index contributed by atoms with van der Waals surface area (Å²) in [7, 11) is 1.98. The van der Waals surface area contributed by atoms with Crippen molar-refractivity contribution in [3.63, 3.8) is 0 Å². The van der Waals surface area contributed by atoms with E-state index >= 15 is 0 Å². The van der Waals surface area contributed by atoms with Crippen LogP contribution in [0.4, 0.5) is 5.69 Å². The maximum absolute atomic E-state index is 10.4. The number of halogens is 1. The van der Waals surface area contributed by atoms with Gasteiger partial charge in [-0.1, -0.05) is 6.07 Å². The number of carbonyl (C=O) groups is 1. The van der Waals surface area contributed by atoms with E-state index in [9.17, 15) is 4.79 Å². The van der Waals surface area contributed by atoms with Crippen molar-refractivity contribution in [1.82, 2.24) is 0 Å². The summed E-state index contributed by atoms with van der Waals surface area (Å²) in [6, 6.07) is 5.83. The highest BCUT2D eigenvalue weighted by Gasteiger charge is 2.03. The van der Waals surface area contributed by atoms with Gasteiger partial charge in [-0.2, -0.15) is 0 Å². The molecular formula is C13H16ClNO2. The Bertz CT molecular complexity index is 429. The Morgan fingerprint density at radius 1 is 1.53 bits per heavy atom. The van der Waals surface area contributed by atoms with Crippen LogP contribution in [-0.4, -0.2) is 30.5 Å². The van der Waals surface area contributed by atoms with Gasteiger partial charge in [0.05, 0.1) is 0 Å². The van der Waals surface area contributed by atoms with E-state index in [1.807, 2.05) is 32.2 Å². The summed E-state index contributed by atoms with van der Waals surface area (Å²) in [4.78, 5) is 12.5. The minimum absolute atomic E-state index is 0.580. The zero-order valence-electron chi connectivity index (χ0n) is 9.98. The molecular weight excluding hydrogens is 238 g/mol. The predicted octanol–water partition coefficient (Wildman–Crippen LogP) is 2.77. The van der Waals surface area contributed by atoms with Gasteiger partial charge in [-0.15, -0.1) is 11.6 Å². The lowest BCUT2D eigenvalue weighted by Gasteiger charge is -2.20. The van der Waals surface area contributed by atoms with Crippen LogP contribution in [0.15, 0.2) is 24.3 Å². The van der Waals surface area contributed by atoms with Gasteiger partial charge in [0.25, 0.3) is 0 Å². The molecule has 0 aliphatic rings. The fourth-order valence-electron chi connectivity index (χ4n) is 1.63. The molecule has 3 nitrogen and oxygen atoms in total. The third-order valence-electron chi connectivity index (χ3n) is 2.47. The first-order valence-electron chi connectivity index (χ1n) is 5.33. The molecule has 1 rings (SSSR count). The zero-order chi connectivity index (χ0) is 12.8. The Morgan fingerprint density at radius 2 is 2.24 bits per heavy atom. The van der Waals surface area contributed by atoms with E-state index in [4.69, 9.17) is 16.7 Å². The SMILES string of the molecule is Cc1cc(C=CC(=O)O)ccc1N(C)CCCl. The first-order valence-corrected chi connectivity index (χ1v) is 5.87. The zero-order valence-corrected chi connectivity index (χ0v) is 10.7. The van der Waals surface area contributed by atoms with Gasteiger partial charge >= 0.3 is 5.97 Å². The number of alkyl halides is 1. The average Bonchev–Trinajstić information content (AvgIpc) is 2.26. The van der Waals surface area contributed by atoms with Crippen LogP contribution in [-0.2, 0) is 4.79 Å². The normalized spacial score (nSPS) is 10.8. The van der Waals surface area contributed by atoms with E-state index < -0.39 is 5.97 Å². The van der Waals surface area contributed by atoms with Gasteiger partial charge in [0.1, 0.15) is 0 Å². The summed E-state index contributed by atoms with van der Waals surface area (Å²) in [5, 5.41) is 8.55. The van der Waals surface area contributed by atoms with Crippen molar-refractivity contribution in [3.8, 4) is 0 Å². The minimum atomic E-state index is -0.939. The van der Waals surface area contributed by atoms with Gasteiger partial charge in [0.15, 0.2) is 0 Å². The second kappa shape index (κ2) is 6.30. The Balaban J connectivity index is 2.89. The topological polar surface area (TPSA) is 40.5 Å². The van der Waals surface area contributed by atoms with Gasteiger partial charge in [0.2, 0.25) is 0 Å². The van der Waals surface area contributed by atoms with E-state index in [2.05, 4.69) is 4.90 Å². The molecule has 0 atom stereocenters. The van der Waals surface area contributed by atoms with Crippen LogP contribution in [0.5, 0.6) is 0 Å². The quantitative estimate of drug-likeness (QED) is 0.648. The molecule has 0 fully saturated rings. The van der Waals surface area contributed by atoms with Crippen LogP contribution < -0.4 is 4.90 Å². The molecule has 0 bridgehead atoms. The first-order chi connectivity index (χ1) is 8.04. The van der Waals surface area contributed by atoms with E-state index in [0.29, 0.717) is 5.88 Å². The van der Waals surface area contributed by atoms with Crippen LogP contribution in [0.25, 0.3) is 6.08 Å². The summed E-state index contributed by atoms with van der Waals surface area (Å²) in [5.41, 5.74) is 3.09. The standard InChI is InChI=1S/C13H16ClNO2/c1-10-9-11(4-6-13(16)17)3-5-12(10)15(2)8-7-14/h3-6,9H,7-8H2,1-2H3,(H,16,17). The average molecular weight is 254 g/mol. The minimum Gasteiger partial charge on any atom is -0.478 e. The van der Waals surface area contributed by atoms with Crippen molar-refractivity contribution in [2.75, 3.05) is 24.4 Å². The van der Waals surface area contributed by atoms with Crippen molar-refractivity contribution in [3.05, 3.63) is 35.4 Å². The maximum atomic E-state index is 10.4. The van der Waals surface area contributed by atoms with Crippen molar-refractivity contribution in [2.45, 2.75) is 6.92 Å². The van der Waals surface area contributed by atoms with Crippen molar-refractivity contribution < 1.29 is 9.90 Å². The molecule has 1 aromatic carbocycles. The van der Waals surface area contributed by atoms with E-state index in [0.717, 1.165) is 29.4 Å². The molecule has 0 aromatic heterocycles. The van der Waals surface area contributed by atoms with Crippen LogP contribution in [0, 0.1) is 6.92 Å². The summed E-state index contributed by atoms with van der Waals surface area (Å²) in [6.45, 7) is 2.78. The molecule has 4 heteroatoms. The predicted molar refractivity (Wildman–Crippen MR) is 71.8 cm³/mol. The second-order valence-electron chi connectivity index (χ2n) is 3.83. The molecule has 0 unspecified atom stereocenters. The van der Waals surface area contributed by atoms with Crippen LogP contribution in [0.1, 0.15) is 11.1 Å². The molecule has 1 N–H and O–H groups in total. The van der Waals surface area contributed by atoms with E-state index in [1.54, 1.807) is 6.08 Å². The molecule has 0 radical (unpaired) electrons. The largest absolute Gasteiger partial charge is 0.478 e. The Morgan fingerprint density at radius 3 is 2.76 bits per heavy atom. The number of rotatable bonds is 5. The third-order valence-corrected chi connectivity index (χ3v) is 2.64. The highest BCUT2D eigenvalue weighted by Crippen LogP contribution is 2.20. The molecule has 17 heavy (non-hydrogen) atoms. The fourth-order valence-corrected chi connectivity index (χ4v) is 1.88. The summed E-state index contributed by atoms with van der Waals surface area (Å²) < 4.78 is 0.